The molecule has 2 rings (SSSR count). The average Bonchev–Trinajstić information content (AvgIpc) is 2.26. The van der Waals surface area contributed by atoms with Gasteiger partial charge in [-0.15, -0.1) is 0 Å². The van der Waals surface area contributed by atoms with E-state index in [0.29, 0.717) is 11.6 Å². The lowest BCUT2D eigenvalue weighted by Crippen LogP contribution is -2.39. The van der Waals surface area contributed by atoms with Crippen LogP contribution >= 0.6 is 11.6 Å². The van der Waals surface area contributed by atoms with Crippen LogP contribution in [-0.4, -0.2) is 11.1 Å². The highest BCUT2D eigenvalue weighted by Crippen LogP contribution is 2.19. The number of nitrogens with zero attached hydrogens (tertiary/aromatic N) is 1. The van der Waals surface area contributed by atoms with Crippen LogP contribution in [0.1, 0.15) is 5.56 Å². The molecule has 0 spiro atoms. The van der Waals surface area contributed by atoms with Crippen molar-refractivity contribution in [2.75, 3.05) is 0 Å². The first-order chi connectivity index (χ1) is 7.66. The summed E-state index contributed by atoms with van der Waals surface area (Å²) in [6.45, 7) is 0.436. The molecule has 1 heterocycles. The molecule has 4 heteroatoms. The van der Waals surface area contributed by atoms with Gasteiger partial charge in [-0.3, -0.25) is 0 Å². The summed E-state index contributed by atoms with van der Waals surface area (Å²) in [5, 5.41) is 0.669. The molecule has 16 heavy (non-hydrogen) atoms. The van der Waals surface area contributed by atoms with E-state index in [4.69, 9.17) is 17.3 Å². The summed E-state index contributed by atoms with van der Waals surface area (Å²) in [5.74, 6) is -0.315. The molecule has 2 nitrogen and oxygen atoms in total. The van der Waals surface area contributed by atoms with Crippen LogP contribution in [0.4, 0.5) is 4.39 Å². The zero-order valence-electron chi connectivity index (χ0n) is 8.61. The third-order valence-electron chi connectivity index (χ3n) is 2.44. The molecule has 0 aromatic heterocycles. The Morgan fingerprint density at radius 1 is 1.31 bits per heavy atom. The second kappa shape index (κ2) is 4.68. The number of rotatable bonds is 2. The van der Waals surface area contributed by atoms with Crippen LogP contribution in [-0.2, 0) is 6.54 Å². The Kier molecular flexibility index (Phi) is 3.27. The smallest absolute Gasteiger partial charge is 0.191 e. The molecule has 1 aliphatic rings. The lowest BCUT2D eigenvalue weighted by Gasteiger charge is -2.29. The lowest BCUT2D eigenvalue weighted by atomic mass is 10.2. The first-order valence-electron chi connectivity index (χ1n) is 4.97. The standard InChI is InChI=1S/C12H12ClFN2/c13-10-6-4-9(5-7-10)8-16-11(14)2-1-3-12(16)15/h1-7,12H,8,15H2. The van der Waals surface area contributed by atoms with Crippen LogP contribution in [0.15, 0.2) is 48.4 Å². The van der Waals surface area contributed by atoms with E-state index in [1.807, 2.05) is 12.1 Å². The molecule has 0 bridgehead atoms. The van der Waals surface area contributed by atoms with Gasteiger partial charge in [-0.2, -0.15) is 4.39 Å². The van der Waals surface area contributed by atoms with Crippen LogP contribution in [0.5, 0.6) is 0 Å². The van der Waals surface area contributed by atoms with Gasteiger partial charge in [0.2, 0.25) is 0 Å². The highest BCUT2D eigenvalue weighted by molar-refractivity contribution is 6.30. The minimum Gasteiger partial charge on any atom is -0.325 e. The predicted molar refractivity (Wildman–Crippen MR) is 63.3 cm³/mol. The molecular formula is C12H12ClFN2. The minimum atomic E-state index is -0.416. The molecule has 1 atom stereocenters. The third kappa shape index (κ3) is 2.43. The van der Waals surface area contributed by atoms with Gasteiger partial charge in [0.05, 0.1) is 6.17 Å². The van der Waals surface area contributed by atoms with Crippen molar-refractivity contribution >= 4 is 11.6 Å². The molecule has 0 aliphatic carbocycles. The van der Waals surface area contributed by atoms with Gasteiger partial charge in [-0.05, 0) is 29.8 Å². The number of hydrogen-bond acceptors (Lipinski definition) is 2. The van der Waals surface area contributed by atoms with Crippen molar-refractivity contribution in [2.45, 2.75) is 12.7 Å². The molecule has 0 saturated heterocycles. The van der Waals surface area contributed by atoms with Crippen molar-refractivity contribution in [1.82, 2.24) is 4.90 Å². The Morgan fingerprint density at radius 3 is 2.62 bits per heavy atom. The first kappa shape index (κ1) is 11.2. The maximum Gasteiger partial charge on any atom is 0.191 e. The van der Waals surface area contributed by atoms with E-state index in [2.05, 4.69) is 0 Å². The zero-order valence-corrected chi connectivity index (χ0v) is 9.36. The molecular weight excluding hydrogens is 227 g/mol. The van der Waals surface area contributed by atoms with E-state index in [-0.39, 0.29) is 5.95 Å². The Morgan fingerprint density at radius 2 is 2.00 bits per heavy atom. The van der Waals surface area contributed by atoms with Crippen LogP contribution < -0.4 is 5.73 Å². The monoisotopic (exact) mass is 238 g/mol. The second-order valence-electron chi connectivity index (χ2n) is 3.62. The maximum absolute atomic E-state index is 13.5. The van der Waals surface area contributed by atoms with Crippen molar-refractivity contribution in [2.24, 2.45) is 5.73 Å². The second-order valence-corrected chi connectivity index (χ2v) is 4.06. The fraction of sp³-hybridized carbons (Fsp3) is 0.167. The van der Waals surface area contributed by atoms with E-state index in [1.165, 1.54) is 11.0 Å². The van der Waals surface area contributed by atoms with Crippen LogP contribution in [0.3, 0.4) is 0 Å². The van der Waals surface area contributed by atoms with E-state index in [9.17, 15) is 4.39 Å². The minimum absolute atomic E-state index is 0.315. The maximum atomic E-state index is 13.5. The van der Waals surface area contributed by atoms with Gasteiger partial charge in [0.25, 0.3) is 0 Å². The molecule has 0 radical (unpaired) electrons. The highest BCUT2D eigenvalue weighted by Gasteiger charge is 2.17. The normalized spacial score (nSPS) is 19.8. The van der Waals surface area contributed by atoms with Crippen LogP contribution in [0, 0.1) is 0 Å². The third-order valence-corrected chi connectivity index (χ3v) is 2.69. The van der Waals surface area contributed by atoms with Gasteiger partial charge in [0.15, 0.2) is 5.95 Å². The van der Waals surface area contributed by atoms with Crippen LogP contribution in [0.2, 0.25) is 5.02 Å². The zero-order chi connectivity index (χ0) is 11.5. The topological polar surface area (TPSA) is 29.3 Å². The molecule has 1 aromatic carbocycles. The van der Waals surface area contributed by atoms with E-state index in [1.54, 1.807) is 24.3 Å². The molecule has 0 fully saturated rings. The van der Waals surface area contributed by atoms with Crippen molar-refractivity contribution in [3.8, 4) is 0 Å². The van der Waals surface area contributed by atoms with Crippen molar-refractivity contribution < 1.29 is 4.39 Å². The Bertz CT molecular complexity index is 425. The Labute approximate surface area is 98.8 Å². The summed E-state index contributed by atoms with van der Waals surface area (Å²) in [7, 11) is 0. The van der Waals surface area contributed by atoms with Crippen molar-refractivity contribution in [1.29, 1.82) is 0 Å². The van der Waals surface area contributed by atoms with Gasteiger partial charge in [-0.1, -0.05) is 29.8 Å². The number of halogens is 2. The number of allylic oxidation sites excluding steroid dienone is 2. The lowest BCUT2D eigenvalue weighted by molar-refractivity contribution is 0.221. The first-order valence-corrected chi connectivity index (χ1v) is 5.35. The fourth-order valence-corrected chi connectivity index (χ4v) is 1.68. The van der Waals surface area contributed by atoms with Gasteiger partial charge >= 0.3 is 0 Å². The molecule has 0 saturated carbocycles. The summed E-state index contributed by atoms with van der Waals surface area (Å²) >= 11 is 5.78. The largest absolute Gasteiger partial charge is 0.325 e. The van der Waals surface area contributed by atoms with Gasteiger partial charge < -0.3 is 10.6 Å². The van der Waals surface area contributed by atoms with E-state index < -0.39 is 6.17 Å². The molecule has 0 amide bonds. The average molecular weight is 239 g/mol. The molecule has 1 unspecified atom stereocenters. The predicted octanol–water partition coefficient (Wildman–Crippen LogP) is 2.81. The quantitative estimate of drug-likeness (QED) is 0.803. The van der Waals surface area contributed by atoms with Crippen LogP contribution in [0.25, 0.3) is 0 Å². The van der Waals surface area contributed by atoms with E-state index >= 15 is 0 Å². The van der Waals surface area contributed by atoms with Gasteiger partial charge in [0.1, 0.15) is 0 Å². The van der Waals surface area contributed by atoms with Crippen molar-refractivity contribution in [3.63, 3.8) is 0 Å². The molecule has 1 aliphatic heterocycles. The molecule has 1 aromatic rings. The van der Waals surface area contributed by atoms with Gasteiger partial charge in [0, 0.05) is 11.6 Å². The summed E-state index contributed by atoms with van der Waals surface area (Å²) in [5.41, 5.74) is 6.75. The molecule has 2 N–H and O–H groups in total. The summed E-state index contributed by atoms with van der Waals surface area (Å²) < 4.78 is 13.5. The number of benzene rings is 1. The summed E-state index contributed by atoms with van der Waals surface area (Å²) in [6, 6.07) is 7.29. The molecule has 84 valence electrons. The van der Waals surface area contributed by atoms with Crippen molar-refractivity contribution in [3.05, 3.63) is 59.0 Å². The summed E-state index contributed by atoms with van der Waals surface area (Å²) in [6.07, 6.45) is 4.36. The van der Waals surface area contributed by atoms with E-state index in [0.717, 1.165) is 5.56 Å². The Balaban J connectivity index is 2.12. The highest BCUT2D eigenvalue weighted by atomic mass is 35.5. The SMILES string of the molecule is NC1C=CC=C(F)N1Cc1ccc(Cl)cc1. The number of hydrogen-bond donors (Lipinski definition) is 1. The summed E-state index contributed by atoms with van der Waals surface area (Å²) in [4.78, 5) is 1.49. The number of nitrogens with two attached hydrogens (primary N) is 1. The fourth-order valence-electron chi connectivity index (χ4n) is 1.56. The Hall–Kier alpha value is -1.32. The van der Waals surface area contributed by atoms with Gasteiger partial charge in [-0.25, -0.2) is 0 Å².